The first-order valence-electron chi connectivity index (χ1n) is 7.28. The molecule has 1 amide bonds. The maximum atomic E-state index is 12.2. The summed E-state index contributed by atoms with van der Waals surface area (Å²) in [7, 11) is 0. The van der Waals surface area contributed by atoms with Gasteiger partial charge in [-0.25, -0.2) is 0 Å². The third-order valence-electron chi connectivity index (χ3n) is 3.90. The van der Waals surface area contributed by atoms with E-state index < -0.39 is 0 Å². The number of rotatable bonds is 3. The van der Waals surface area contributed by atoms with Crippen LogP contribution in [0.3, 0.4) is 0 Å². The average Bonchev–Trinajstić information content (AvgIpc) is 2.97. The highest BCUT2D eigenvalue weighted by atomic mass is 16.5. The van der Waals surface area contributed by atoms with E-state index in [2.05, 4.69) is 10.3 Å². The van der Waals surface area contributed by atoms with Crippen molar-refractivity contribution in [2.75, 3.05) is 13.2 Å². The summed E-state index contributed by atoms with van der Waals surface area (Å²) in [4.78, 5) is 16.3. The van der Waals surface area contributed by atoms with Crippen LogP contribution >= 0.6 is 0 Å². The number of pyridine rings is 1. The van der Waals surface area contributed by atoms with Crippen LogP contribution in [0.15, 0.2) is 24.5 Å². The predicted molar refractivity (Wildman–Crippen MR) is 73.1 cm³/mol. The van der Waals surface area contributed by atoms with Gasteiger partial charge in [0.1, 0.15) is 12.2 Å². The number of ether oxygens (including phenoxy) is 2. The van der Waals surface area contributed by atoms with Gasteiger partial charge in [-0.1, -0.05) is 6.07 Å². The minimum Gasteiger partial charge on any atom is -0.371 e. The van der Waals surface area contributed by atoms with Crippen molar-refractivity contribution >= 4 is 5.91 Å². The molecule has 2 aliphatic heterocycles. The molecule has 20 heavy (non-hydrogen) atoms. The fourth-order valence-electron chi connectivity index (χ4n) is 2.83. The van der Waals surface area contributed by atoms with Gasteiger partial charge in [-0.05, 0) is 31.7 Å². The quantitative estimate of drug-likeness (QED) is 0.911. The zero-order valence-electron chi connectivity index (χ0n) is 11.5. The lowest BCUT2D eigenvalue weighted by Crippen LogP contribution is -2.44. The summed E-state index contributed by atoms with van der Waals surface area (Å²) >= 11 is 0. The van der Waals surface area contributed by atoms with Crippen molar-refractivity contribution in [2.45, 2.75) is 43.9 Å². The number of nitrogens with one attached hydrogen (secondary N) is 1. The summed E-state index contributed by atoms with van der Waals surface area (Å²) in [6.07, 6.45) is 6.90. The first-order valence-corrected chi connectivity index (χ1v) is 7.28. The molecule has 108 valence electrons. The minimum atomic E-state index is -0.293. The summed E-state index contributed by atoms with van der Waals surface area (Å²) in [5.41, 5.74) is 1.01. The molecule has 0 saturated carbocycles. The van der Waals surface area contributed by atoms with Gasteiger partial charge in [-0.15, -0.1) is 0 Å². The molecule has 2 fully saturated rings. The Bertz CT molecular complexity index is 446. The van der Waals surface area contributed by atoms with E-state index in [1.54, 1.807) is 12.4 Å². The van der Waals surface area contributed by atoms with Gasteiger partial charge in [0.05, 0.1) is 6.04 Å². The van der Waals surface area contributed by atoms with E-state index in [-0.39, 0.29) is 24.2 Å². The maximum Gasteiger partial charge on any atom is 0.249 e. The Morgan fingerprint density at radius 2 is 2.20 bits per heavy atom. The number of carbonyl (C=O) groups is 1. The predicted octanol–water partition coefficient (Wildman–Crippen LogP) is 1.60. The zero-order valence-corrected chi connectivity index (χ0v) is 11.5. The zero-order chi connectivity index (χ0) is 13.8. The van der Waals surface area contributed by atoms with Crippen LogP contribution in [0.2, 0.25) is 0 Å². The standard InChI is InChI=1S/C15H20N2O3/c18-15(13-5-1-2-8-19-13)17-12-6-9-20-14(12)11-4-3-7-16-10-11/h3-4,7,10,12-14H,1-2,5-6,8-9H2,(H,17,18)/t12-,13-,14+/m0/s1. The van der Waals surface area contributed by atoms with Gasteiger partial charge in [0, 0.05) is 31.2 Å². The first kappa shape index (κ1) is 13.5. The molecule has 0 radical (unpaired) electrons. The normalized spacial score (nSPS) is 30.1. The van der Waals surface area contributed by atoms with Crippen LogP contribution in [0.1, 0.15) is 37.4 Å². The molecule has 2 aliphatic rings. The van der Waals surface area contributed by atoms with Gasteiger partial charge < -0.3 is 14.8 Å². The summed E-state index contributed by atoms with van der Waals surface area (Å²) in [6, 6.07) is 3.89. The van der Waals surface area contributed by atoms with Crippen molar-refractivity contribution in [2.24, 2.45) is 0 Å². The second-order valence-corrected chi connectivity index (χ2v) is 5.34. The van der Waals surface area contributed by atoms with Crippen LogP contribution in [0.4, 0.5) is 0 Å². The highest BCUT2D eigenvalue weighted by Crippen LogP contribution is 2.28. The first-order chi connectivity index (χ1) is 9.84. The largest absolute Gasteiger partial charge is 0.371 e. The monoisotopic (exact) mass is 276 g/mol. The van der Waals surface area contributed by atoms with Crippen molar-refractivity contribution in [1.82, 2.24) is 10.3 Å². The molecule has 1 aromatic heterocycles. The molecule has 0 spiro atoms. The average molecular weight is 276 g/mol. The second kappa shape index (κ2) is 6.33. The smallest absolute Gasteiger partial charge is 0.249 e. The van der Waals surface area contributed by atoms with Crippen molar-refractivity contribution < 1.29 is 14.3 Å². The molecule has 0 bridgehead atoms. The van der Waals surface area contributed by atoms with Crippen LogP contribution < -0.4 is 5.32 Å². The lowest BCUT2D eigenvalue weighted by molar-refractivity contribution is -0.136. The molecule has 3 heterocycles. The Kier molecular flexibility index (Phi) is 4.28. The van der Waals surface area contributed by atoms with E-state index in [0.717, 1.165) is 31.2 Å². The van der Waals surface area contributed by atoms with E-state index in [1.807, 2.05) is 12.1 Å². The van der Waals surface area contributed by atoms with Crippen LogP contribution in [-0.4, -0.2) is 36.3 Å². The highest BCUT2D eigenvalue weighted by Gasteiger charge is 2.33. The molecule has 0 aliphatic carbocycles. The summed E-state index contributed by atoms with van der Waals surface area (Å²) < 4.78 is 11.3. The van der Waals surface area contributed by atoms with Gasteiger partial charge in [0.25, 0.3) is 0 Å². The van der Waals surface area contributed by atoms with Crippen molar-refractivity contribution in [3.8, 4) is 0 Å². The van der Waals surface area contributed by atoms with Crippen LogP contribution in [0.25, 0.3) is 0 Å². The molecular formula is C15H20N2O3. The number of aromatic nitrogens is 1. The summed E-state index contributed by atoms with van der Waals surface area (Å²) in [5, 5.41) is 3.08. The van der Waals surface area contributed by atoms with E-state index in [9.17, 15) is 4.79 Å². The third-order valence-corrected chi connectivity index (χ3v) is 3.90. The fraction of sp³-hybridized carbons (Fsp3) is 0.600. The van der Waals surface area contributed by atoms with Gasteiger partial charge >= 0.3 is 0 Å². The molecule has 3 atom stereocenters. The van der Waals surface area contributed by atoms with Crippen LogP contribution in [0, 0.1) is 0 Å². The maximum absolute atomic E-state index is 12.2. The van der Waals surface area contributed by atoms with Gasteiger partial charge in [0.15, 0.2) is 0 Å². The minimum absolute atomic E-state index is 0.00547. The lowest BCUT2D eigenvalue weighted by Gasteiger charge is -2.25. The summed E-state index contributed by atoms with van der Waals surface area (Å²) in [5.74, 6) is -0.00547. The molecule has 0 unspecified atom stereocenters. The Balaban J connectivity index is 1.62. The van der Waals surface area contributed by atoms with Crippen LogP contribution in [0.5, 0.6) is 0 Å². The van der Waals surface area contributed by atoms with Crippen LogP contribution in [-0.2, 0) is 14.3 Å². The fourth-order valence-corrected chi connectivity index (χ4v) is 2.83. The molecule has 5 heteroatoms. The Morgan fingerprint density at radius 3 is 2.95 bits per heavy atom. The Labute approximate surface area is 118 Å². The molecule has 1 aromatic rings. The third kappa shape index (κ3) is 2.99. The number of hydrogen-bond donors (Lipinski definition) is 1. The Hall–Kier alpha value is -1.46. The Morgan fingerprint density at radius 1 is 1.25 bits per heavy atom. The summed E-state index contributed by atoms with van der Waals surface area (Å²) in [6.45, 7) is 1.35. The van der Waals surface area contributed by atoms with Crippen molar-refractivity contribution in [3.05, 3.63) is 30.1 Å². The molecular weight excluding hydrogens is 256 g/mol. The van der Waals surface area contributed by atoms with Gasteiger partial charge in [-0.3, -0.25) is 9.78 Å². The molecule has 1 N–H and O–H groups in total. The van der Waals surface area contributed by atoms with E-state index in [1.165, 1.54) is 0 Å². The molecule has 2 saturated heterocycles. The van der Waals surface area contributed by atoms with E-state index >= 15 is 0 Å². The molecule has 5 nitrogen and oxygen atoms in total. The van der Waals surface area contributed by atoms with Crippen molar-refractivity contribution in [3.63, 3.8) is 0 Å². The SMILES string of the molecule is O=C(N[C@H]1CCO[C@@H]1c1cccnc1)[C@@H]1CCCCO1. The second-order valence-electron chi connectivity index (χ2n) is 5.34. The van der Waals surface area contributed by atoms with Gasteiger partial charge in [0.2, 0.25) is 5.91 Å². The van der Waals surface area contributed by atoms with E-state index in [0.29, 0.717) is 13.2 Å². The number of nitrogens with zero attached hydrogens (tertiary/aromatic N) is 1. The number of hydrogen-bond acceptors (Lipinski definition) is 4. The topological polar surface area (TPSA) is 60.5 Å². The van der Waals surface area contributed by atoms with Gasteiger partial charge in [-0.2, -0.15) is 0 Å². The number of carbonyl (C=O) groups excluding carboxylic acids is 1. The lowest BCUT2D eigenvalue weighted by atomic mass is 10.0. The van der Waals surface area contributed by atoms with Crippen molar-refractivity contribution in [1.29, 1.82) is 0 Å². The van der Waals surface area contributed by atoms with E-state index in [4.69, 9.17) is 9.47 Å². The number of amides is 1. The molecule has 0 aromatic carbocycles. The molecule has 3 rings (SSSR count). The highest BCUT2D eigenvalue weighted by molar-refractivity contribution is 5.81.